The van der Waals surface area contributed by atoms with Gasteiger partial charge in [0.25, 0.3) is 5.91 Å². The molecule has 2 aromatic carbocycles. The van der Waals surface area contributed by atoms with Gasteiger partial charge in [0, 0.05) is 58.0 Å². The Hall–Kier alpha value is -2.64. The molecular formula is C25H29ClFN3O3. The van der Waals surface area contributed by atoms with Gasteiger partial charge in [0.15, 0.2) is 0 Å². The van der Waals surface area contributed by atoms with Crippen LogP contribution in [0.25, 0.3) is 0 Å². The highest BCUT2D eigenvalue weighted by Crippen LogP contribution is 2.28. The van der Waals surface area contributed by atoms with Crippen LogP contribution in [0, 0.1) is 11.7 Å². The zero-order chi connectivity index (χ0) is 23.4. The molecule has 0 aromatic heterocycles. The molecule has 2 aliphatic heterocycles. The summed E-state index contributed by atoms with van der Waals surface area (Å²) < 4.78 is 19.5. The van der Waals surface area contributed by atoms with Crippen LogP contribution >= 0.6 is 11.6 Å². The minimum absolute atomic E-state index is 0.0767. The number of carbonyl (C=O) groups is 2. The molecule has 4 rings (SSSR count). The summed E-state index contributed by atoms with van der Waals surface area (Å²) in [5, 5.41) is 0.414. The molecule has 2 heterocycles. The fourth-order valence-corrected chi connectivity index (χ4v) is 4.67. The number of likely N-dealkylation sites (N-methyl/N-ethyl adjacent to an activating group) is 1. The highest BCUT2D eigenvalue weighted by atomic mass is 35.5. The molecule has 0 unspecified atom stereocenters. The first kappa shape index (κ1) is 23.5. The highest BCUT2D eigenvalue weighted by molar-refractivity contribution is 6.33. The van der Waals surface area contributed by atoms with E-state index in [1.54, 1.807) is 41.3 Å². The summed E-state index contributed by atoms with van der Waals surface area (Å²) in [6, 6.07) is 12.9. The number of ether oxygens (including phenoxy) is 1. The second-order valence-corrected chi connectivity index (χ2v) is 9.19. The summed E-state index contributed by atoms with van der Waals surface area (Å²) in [5.41, 5.74) is 0.459. The van der Waals surface area contributed by atoms with Crippen LogP contribution in [0.1, 0.15) is 23.2 Å². The van der Waals surface area contributed by atoms with E-state index < -0.39 is 0 Å². The van der Waals surface area contributed by atoms with Crippen LogP contribution in [-0.2, 0) is 4.79 Å². The van der Waals surface area contributed by atoms with Gasteiger partial charge in [0.1, 0.15) is 17.7 Å². The quantitative estimate of drug-likeness (QED) is 0.666. The molecule has 0 bridgehead atoms. The Morgan fingerprint density at radius 3 is 2.39 bits per heavy atom. The number of carbonyl (C=O) groups excluding carboxylic acids is 2. The number of nitrogens with zero attached hydrogens (tertiary/aromatic N) is 3. The molecule has 0 aliphatic carbocycles. The maximum absolute atomic E-state index is 13.3. The van der Waals surface area contributed by atoms with E-state index >= 15 is 0 Å². The molecule has 33 heavy (non-hydrogen) atoms. The first-order valence-electron chi connectivity index (χ1n) is 11.3. The number of likely N-dealkylation sites (tertiary alicyclic amines) is 1. The number of hydrogen-bond donors (Lipinski definition) is 0. The summed E-state index contributed by atoms with van der Waals surface area (Å²) >= 11 is 6.25. The predicted molar refractivity (Wildman–Crippen MR) is 125 cm³/mol. The van der Waals surface area contributed by atoms with Crippen molar-refractivity contribution in [1.82, 2.24) is 14.7 Å². The van der Waals surface area contributed by atoms with Crippen LogP contribution in [0.15, 0.2) is 48.5 Å². The van der Waals surface area contributed by atoms with E-state index in [-0.39, 0.29) is 29.7 Å². The normalized spacial score (nSPS) is 21.7. The summed E-state index contributed by atoms with van der Waals surface area (Å²) in [4.78, 5) is 32.1. The smallest absolute Gasteiger partial charge is 0.255 e. The molecule has 2 aliphatic rings. The Kier molecular flexibility index (Phi) is 7.50. The lowest BCUT2D eigenvalue weighted by Crippen LogP contribution is -2.51. The Morgan fingerprint density at radius 1 is 1.00 bits per heavy atom. The number of halogens is 2. The Bertz CT molecular complexity index is 979. The van der Waals surface area contributed by atoms with Gasteiger partial charge < -0.3 is 19.4 Å². The highest BCUT2D eigenvalue weighted by Gasteiger charge is 2.36. The van der Waals surface area contributed by atoms with Crippen LogP contribution in [0.4, 0.5) is 4.39 Å². The predicted octanol–water partition coefficient (Wildman–Crippen LogP) is 3.55. The fraction of sp³-hybridized carbons (Fsp3) is 0.440. The van der Waals surface area contributed by atoms with Gasteiger partial charge in [0.2, 0.25) is 5.91 Å². The largest absolute Gasteiger partial charge is 0.490 e. The van der Waals surface area contributed by atoms with Gasteiger partial charge in [-0.1, -0.05) is 23.7 Å². The summed E-state index contributed by atoms with van der Waals surface area (Å²) in [7, 11) is 2.05. The number of benzene rings is 2. The molecule has 0 N–H and O–H groups in total. The van der Waals surface area contributed by atoms with Crippen molar-refractivity contribution in [3.05, 3.63) is 64.9 Å². The molecule has 2 fully saturated rings. The number of hydrogen-bond acceptors (Lipinski definition) is 4. The zero-order valence-corrected chi connectivity index (χ0v) is 19.5. The summed E-state index contributed by atoms with van der Waals surface area (Å²) in [5.74, 6) is -0.0123. The third-order valence-corrected chi connectivity index (χ3v) is 6.78. The Morgan fingerprint density at radius 2 is 1.70 bits per heavy atom. The molecular weight excluding hydrogens is 445 g/mol. The molecule has 2 saturated heterocycles. The van der Waals surface area contributed by atoms with Crippen molar-refractivity contribution in [3.63, 3.8) is 0 Å². The standard InChI is InChI=1S/C25H29ClFN3O3/c1-28-12-14-29(15-13-28)24(31)16-18-17-30(25(32)21-4-2-3-5-22(21)26)11-10-23(18)33-20-8-6-19(27)7-9-20/h2-9,18,23H,10-17H2,1H3/t18-,23-/m0/s1. The number of amides is 2. The van der Waals surface area contributed by atoms with Crippen molar-refractivity contribution in [1.29, 1.82) is 0 Å². The van der Waals surface area contributed by atoms with E-state index in [0.717, 1.165) is 13.1 Å². The second-order valence-electron chi connectivity index (χ2n) is 8.78. The lowest BCUT2D eigenvalue weighted by atomic mass is 9.90. The first-order valence-corrected chi connectivity index (χ1v) is 11.7. The SMILES string of the molecule is CN1CCN(C(=O)C[C@H]2CN(C(=O)c3ccccc3Cl)CC[C@@H]2Oc2ccc(F)cc2)CC1. The van der Waals surface area contributed by atoms with E-state index in [1.807, 2.05) is 11.9 Å². The third kappa shape index (κ3) is 5.84. The van der Waals surface area contributed by atoms with Crippen molar-refractivity contribution in [2.24, 2.45) is 5.92 Å². The van der Waals surface area contributed by atoms with Crippen molar-refractivity contribution in [2.45, 2.75) is 18.9 Å². The van der Waals surface area contributed by atoms with E-state index in [4.69, 9.17) is 16.3 Å². The van der Waals surface area contributed by atoms with Gasteiger partial charge in [-0.15, -0.1) is 0 Å². The minimum Gasteiger partial charge on any atom is -0.490 e. The lowest BCUT2D eigenvalue weighted by Gasteiger charge is -2.40. The summed E-state index contributed by atoms with van der Waals surface area (Å²) in [6.07, 6.45) is 0.623. The van der Waals surface area contributed by atoms with Crippen LogP contribution in [0.2, 0.25) is 5.02 Å². The van der Waals surface area contributed by atoms with Crippen molar-refractivity contribution in [2.75, 3.05) is 46.3 Å². The average Bonchev–Trinajstić information content (AvgIpc) is 2.82. The summed E-state index contributed by atoms with van der Waals surface area (Å²) in [6.45, 7) is 4.00. The topological polar surface area (TPSA) is 53.1 Å². The average molecular weight is 474 g/mol. The van der Waals surface area contributed by atoms with E-state index in [1.165, 1.54) is 12.1 Å². The molecule has 0 spiro atoms. The van der Waals surface area contributed by atoms with Crippen LogP contribution in [0.3, 0.4) is 0 Å². The third-order valence-electron chi connectivity index (χ3n) is 6.45. The van der Waals surface area contributed by atoms with E-state index in [9.17, 15) is 14.0 Å². The number of piperidine rings is 1. The maximum atomic E-state index is 13.3. The second kappa shape index (κ2) is 10.5. The van der Waals surface area contributed by atoms with Crippen molar-refractivity contribution < 1.29 is 18.7 Å². The molecule has 8 heteroatoms. The van der Waals surface area contributed by atoms with Crippen LogP contribution < -0.4 is 4.74 Å². The van der Waals surface area contributed by atoms with Crippen molar-refractivity contribution in [3.8, 4) is 5.75 Å². The van der Waals surface area contributed by atoms with Crippen LogP contribution in [-0.4, -0.2) is 78.9 Å². The lowest BCUT2D eigenvalue weighted by molar-refractivity contribution is -0.135. The van der Waals surface area contributed by atoms with Gasteiger partial charge >= 0.3 is 0 Å². The van der Waals surface area contributed by atoms with Crippen molar-refractivity contribution >= 4 is 23.4 Å². The number of piperazine rings is 1. The Balaban J connectivity index is 1.49. The Labute approximate surface area is 198 Å². The van der Waals surface area contributed by atoms with Crippen LogP contribution in [0.5, 0.6) is 5.75 Å². The van der Waals surface area contributed by atoms with Gasteiger partial charge in [-0.05, 0) is 43.4 Å². The molecule has 0 radical (unpaired) electrons. The van der Waals surface area contributed by atoms with Gasteiger partial charge in [-0.3, -0.25) is 9.59 Å². The van der Waals surface area contributed by atoms with Gasteiger partial charge in [0.05, 0.1) is 10.6 Å². The number of rotatable bonds is 5. The monoisotopic (exact) mass is 473 g/mol. The van der Waals surface area contributed by atoms with E-state index in [0.29, 0.717) is 55.4 Å². The zero-order valence-electron chi connectivity index (χ0n) is 18.8. The maximum Gasteiger partial charge on any atom is 0.255 e. The fourth-order valence-electron chi connectivity index (χ4n) is 4.45. The molecule has 2 aromatic rings. The minimum atomic E-state index is -0.329. The molecule has 176 valence electrons. The van der Waals surface area contributed by atoms with Gasteiger partial charge in [-0.2, -0.15) is 0 Å². The molecule has 6 nitrogen and oxygen atoms in total. The van der Waals surface area contributed by atoms with E-state index in [2.05, 4.69) is 4.90 Å². The molecule has 2 atom stereocenters. The molecule has 2 amide bonds. The van der Waals surface area contributed by atoms with Gasteiger partial charge in [-0.25, -0.2) is 4.39 Å². The molecule has 0 saturated carbocycles. The first-order chi connectivity index (χ1) is 15.9.